The third kappa shape index (κ3) is 4.86. The minimum Gasteiger partial charge on any atom is -0.370 e. The minimum atomic E-state index is -0.0378. The number of likely N-dealkylation sites (tertiary alicyclic amines) is 1. The van der Waals surface area contributed by atoms with Gasteiger partial charge in [-0.25, -0.2) is 4.79 Å². The van der Waals surface area contributed by atoms with Gasteiger partial charge in [0.2, 0.25) is 0 Å². The fourth-order valence-corrected chi connectivity index (χ4v) is 3.52. The van der Waals surface area contributed by atoms with Crippen LogP contribution in [-0.4, -0.2) is 44.9 Å². The van der Waals surface area contributed by atoms with Crippen LogP contribution in [0.3, 0.4) is 0 Å². The van der Waals surface area contributed by atoms with E-state index in [-0.39, 0.29) is 12.1 Å². The number of rotatable bonds is 6. The molecule has 2 aromatic heterocycles. The minimum absolute atomic E-state index is 0.0378. The van der Waals surface area contributed by atoms with Crippen molar-refractivity contribution in [2.45, 2.75) is 59.4 Å². The molecule has 7 nitrogen and oxygen atoms in total. The van der Waals surface area contributed by atoms with Crippen LogP contribution in [-0.2, 0) is 24.4 Å². The molecule has 1 atom stereocenters. The van der Waals surface area contributed by atoms with Gasteiger partial charge in [-0.15, -0.1) is 0 Å². The summed E-state index contributed by atoms with van der Waals surface area (Å²) in [7, 11) is 0. The topological polar surface area (TPSA) is 72.3 Å². The molecule has 1 fully saturated rings. The van der Waals surface area contributed by atoms with Gasteiger partial charge in [0.15, 0.2) is 0 Å². The molecular formula is C20H29N5O2. The first kappa shape index (κ1) is 19.4. The Kier molecular flexibility index (Phi) is 6.45. The van der Waals surface area contributed by atoms with Gasteiger partial charge < -0.3 is 15.0 Å². The zero-order chi connectivity index (χ0) is 19.2. The summed E-state index contributed by atoms with van der Waals surface area (Å²) in [4.78, 5) is 18.7. The molecule has 3 rings (SSSR count). The Hall–Kier alpha value is -2.41. The molecule has 3 heterocycles. The lowest BCUT2D eigenvalue weighted by atomic mass is 10.1. The van der Waals surface area contributed by atoms with Gasteiger partial charge in [-0.2, -0.15) is 5.10 Å². The van der Waals surface area contributed by atoms with Gasteiger partial charge in [0.1, 0.15) is 0 Å². The Bertz CT molecular complexity index is 759. The van der Waals surface area contributed by atoms with Crippen LogP contribution >= 0.6 is 0 Å². The number of carbonyl (C=O) groups is 1. The van der Waals surface area contributed by atoms with E-state index >= 15 is 0 Å². The maximum Gasteiger partial charge on any atom is 0.317 e. The van der Waals surface area contributed by atoms with E-state index in [1.807, 2.05) is 41.6 Å². The van der Waals surface area contributed by atoms with Crippen LogP contribution in [0.5, 0.6) is 0 Å². The van der Waals surface area contributed by atoms with Crippen molar-refractivity contribution in [3.8, 4) is 0 Å². The highest BCUT2D eigenvalue weighted by atomic mass is 16.5. The molecule has 0 spiro atoms. The first-order valence-corrected chi connectivity index (χ1v) is 9.65. The van der Waals surface area contributed by atoms with Gasteiger partial charge in [-0.05, 0) is 45.7 Å². The van der Waals surface area contributed by atoms with Crippen molar-refractivity contribution in [2.75, 3.05) is 13.1 Å². The summed E-state index contributed by atoms with van der Waals surface area (Å²) in [5.41, 5.74) is 4.11. The van der Waals surface area contributed by atoms with Gasteiger partial charge in [0.05, 0.1) is 24.1 Å². The summed E-state index contributed by atoms with van der Waals surface area (Å²) >= 11 is 0. The van der Waals surface area contributed by atoms with Crippen molar-refractivity contribution in [1.82, 2.24) is 25.0 Å². The fraction of sp³-hybridized carbons (Fsp3) is 0.550. The second-order valence-corrected chi connectivity index (χ2v) is 6.97. The SMILES string of the molecule is CCn1nc(C)c(CNC(=O)N2CCC[C@H](OCc3ccccn3)C2)c1C. The highest BCUT2D eigenvalue weighted by molar-refractivity contribution is 5.74. The molecule has 0 bridgehead atoms. The standard InChI is InChI=1S/C20H29N5O2/c1-4-25-16(3)19(15(2)23-25)12-22-20(26)24-11-7-9-18(13-24)27-14-17-8-5-6-10-21-17/h5-6,8,10,18H,4,7,9,11-14H2,1-3H3,(H,22,26)/t18-/m0/s1. The Morgan fingerprint density at radius 1 is 1.37 bits per heavy atom. The van der Waals surface area contributed by atoms with Gasteiger partial charge >= 0.3 is 6.03 Å². The lowest BCUT2D eigenvalue weighted by molar-refractivity contribution is -0.00168. The van der Waals surface area contributed by atoms with Crippen molar-refractivity contribution in [3.05, 3.63) is 47.0 Å². The largest absolute Gasteiger partial charge is 0.370 e. The summed E-state index contributed by atoms with van der Waals surface area (Å²) in [6.07, 6.45) is 3.74. The van der Waals surface area contributed by atoms with E-state index < -0.39 is 0 Å². The van der Waals surface area contributed by atoms with Crippen LogP contribution in [0.4, 0.5) is 4.79 Å². The second kappa shape index (κ2) is 8.99. The predicted octanol–water partition coefficient (Wildman–Crippen LogP) is 2.81. The predicted molar refractivity (Wildman–Crippen MR) is 103 cm³/mol. The van der Waals surface area contributed by atoms with E-state index in [4.69, 9.17) is 4.74 Å². The molecule has 0 aliphatic carbocycles. The van der Waals surface area contributed by atoms with E-state index in [0.29, 0.717) is 19.7 Å². The third-order valence-corrected chi connectivity index (χ3v) is 5.11. The Morgan fingerprint density at radius 2 is 2.22 bits per heavy atom. The summed E-state index contributed by atoms with van der Waals surface area (Å²) in [6, 6.07) is 5.76. The maximum atomic E-state index is 12.6. The molecule has 1 aliphatic rings. The molecule has 146 valence electrons. The number of hydrogen-bond acceptors (Lipinski definition) is 4. The molecule has 27 heavy (non-hydrogen) atoms. The molecule has 0 saturated carbocycles. The van der Waals surface area contributed by atoms with Crippen LogP contribution in [0.2, 0.25) is 0 Å². The van der Waals surface area contributed by atoms with Crippen LogP contribution in [0.1, 0.15) is 42.4 Å². The molecule has 2 aromatic rings. The Morgan fingerprint density at radius 3 is 2.93 bits per heavy atom. The normalized spacial score (nSPS) is 17.1. The number of nitrogens with zero attached hydrogens (tertiary/aromatic N) is 4. The number of carbonyl (C=O) groups excluding carboxylic acids is 1. The number of aromatic nitrogens is 3. The van der Waals surface area contributed by atoms with E-state index in [1.54, 1.807) is 6.20 Å². The first-order chi connectivity index (χ1) is 13.1. The van der Waals surface area contributed by atoms with E-state index in [1.165, 1.54) is 0 Å². The first-order valence-electron chi connectivity index (χ1n) is 9.65. The second-order valence-electron chi connectivity index (χ2n) is 6.97. The zero-order valence-electron chi connectivity index (χ0n) is 16.4. The summed E-state index contributed by atoms with van der Waals surface area (Å²) in [5.74, 6) is 0. The van der Waals surface area contributed by atoms with Gasteiger partial charge in [-0.3, -0.25) is 9.67 Å². The lowest BCUT2D eigenvalue weighted by Gasteiger charge is -2.32. The number of piperidine rings is 1. The molecule has 0 radical (unpaired) electrons. The summed E-state index contributed by atoms with van der Waals surface area (Å²) in [5, 5.41) is 7.56. The van der Waals surface area contributed by atoms with Gasteiger partial charge in [-0.1, -0.05) is 6.07 Å². The number of pyridine rings is 1. The van der Waals surface area contributed by atoms with Crippen molar-refractivity contribution in [2.24, 2.45) is 0 Å². The monoisotopic (exact) mass is 371 g/mol. The number of aryl methyl sites for hydroxylation is 2. The lowest BCUT2D eigenvalue weighted by Crippen LogP contribution is -2.47. The van der Waals surface area contributed by atoms with Crippen LogP contribution < -0.4 is 5.32 Å². The molecule has 7 heteroatoms. The molecule has 1 N–H and O–H groups in total. The average molecular weight is 371 g/mol. The zero-order valence-corrected chi connectivity index (χ0v) is 16.4. The van der Waals surface area contributed by atoms with Crippen molar-refractivity contribution in [1.29, 1.82) is 0 Å². The number of urea groups is 1. The number of amides is 2. The van der Waals surface area contributed by atoms with E-state index in [9.17, 15) is 4.79 Å². The van der Waals surface area contributed by atoms with Crippen LogP contribution in [0.25, 0.3) is 0 Å². The molecule has 2 amide bonds. The van der Waals surface area contributed by atoms with Gasteiger partial charge in [0.25, 0.3) is 0 Å². The van der Waals surface area contributed by atoms with Gasteiger partial charge in [0, 0.05) is 43.6 Å². The highest BCUT2D eigenvalue weighted by Crippen LogP contribution is 2.16. The smallest absolute Gasteiger partial charge is 0.317 e. The Balaban J connectivity index is 1.50. The molecule has 0 unspecified atom stereocenters. The fourth-order valence-electron chi connectivity index (χ4n) is 3.52. The van der Waals surface area contributed by atoms with E-state index in [0.717, 1.165) is 48.6 Å². The van der Waals surface area contributed by atoms with Crippen LogP contribution in [0, 0.1) is 13.8 Å². The number of ether oxygens (including phenoxy) is 1. The average Bonchev–Trinajstić information content (AvgIpc) is 2.98. The number of nitrogens with one attached hydrogen (secondary N) is 1. The third-order valence-electron chi connectivity index (χ3n) is 5.11. The number of hydrogen-bond donors (Lipinski definition) is 1. The molecular weight excluding hydrogens is 342 g/mol. The Labute approximate surface area is 160 Å². The molecule has 1 aliphatic heterocycles. The van der Waals surface area contributed by atoms with Crippen LogP contribution in [0.15, 0.2) is 24.4 Å². The van der Waals surface area contributed by atoms with Crippen molar-refractivity contribution >= 4 is 6.03 Å². The summed E-state index contributed by atoms with van der Waals surface area (Å²) in [6.45, 7) is 9.31. The van der Waals surface area contributed by atoms with E-state index in [2.05, 4.69) is 22.3 Å². The summed E-state index contributed by atoms with van der Waals surface area (Å²) < 4.78 is 7.94. The van der Waals surface area contributed by atoms with Crippen molar-refractivity contribution in [3.63, 3.8) is 0 Å². The molecule has 0 aromatic carbocycles. The quantitative estimate of drug-likeness (QED) is 0.847. The molecule has 1 saturated heterocycles. The highest BCUT2D eigenvalue weighted by Gasteiger charge is 2.24. The van der Waals surface area contributed by atoms with Crippen molar-refractivity contribution < 1.29 is 9.53 Å². The maximum absolute atomic E-state index is 12.6.